The first-order valence-electron chi connectivity index (χ1n) is 14.7. The molecule has 0 saturated carbocycles. The molecule has 2 heterocycles. The summed E-state index contributed by atoms with van der Waals surface area (Å²) in [7, 11) is 0. The van der Waals surface area contributed by atoms with Crippen LogP contribution in [0.1, 0.15) is 82.1 Å². The highest BCUT2D eigenvalue weighted by Gasteiger charge is 2.42. The normalized spacial score (nSPS) is 25.1. The molecule has 0 bridgehead atoms. The second-order valence-corrected chi connectivity index (χ2v) is 12.0. The lowest BCUT2D eigenvalue weighted by molar-refractivity contribution is -0.276. The monoisotopic (exact) mass is 567 g/mol. The van der Waals surface area contributed by atoms with Gasteiger partial charge in [0.05, 0.1) is 18.8 Å². The van der Waals surface area contributed by atoms with Gasteiger partial charge in [0.2, 0.25) is 0 Å². The summed E-state index contributed by atoms with van der Waals surface area (Å²) >= 11 is 0. The Morgan fingerprint density at radius 1 is 1.00 bits per heavy atom. The number of ether oxygens (including phenoxy) is 3. The lowest BCUT2D eigenvalue weighted by Crippen LogP contribution is -2.48. The number of aliphatic hydroxyl groups excluding tert-OH is 1. The Bertz CT molecular complexity index is 1150. The Kier molecular flexibility index (Phi) is 10.4. The molecule has 2 aromatic rings. The van der Waals surface area contributed by atoms with E-state index < -0.39 is 11.9 Å². The molecule has 5 unspecified atom stereocenters. The van der Waals surface area contributed by atoms with Crippen LogP contribution in [0.3, 0.4) is 0 Å². The number of urea groups is 1. The van der Waals surface area contributed by atoms with Gasteiger partial charge in [0.1, 0.15) is 11.6 Å². The van der Waals surface area contributed by atoms with Crippen LogP contribution in [0.5, 0.6) is 0 Å². The fourth-order valence-electron chi connectivity index (χ4n) is 5.44. The minimum absolute atomic E-state index is 0.00617. The largest absolute Gasteiger partial charge is 0.459 e. The van der Waals surface area contributed by atoms with Crippen LogP contribution in [0.4, 0.5) is 4.79 Å². The van der Waals surface area contributed by atoms with Gasteiger partial charge in [-0.15, -0.1) is 0 Å². The number of nitrogens with zero attached hydrogens (tertiary/aromatic N) is 1. The molecule has 0 radical (unpaired) electrons. The number of esters is 1. The number of likely N-dealkylation sites (tertiary alicyclic amines) is 1. The fraction of sp³-hybridized carbons (Fsp3) is 0.562. The molecule has 2 fully saturated rings. The summed E-state index contributed by atoms with van der Waals surface area (Å²) in [5, 5.41) is 15.1. The number of rotatable bonds is 9. The van der Waals surface area contributed by atoms with Crippen LogP contribution in [0, 0.1) is 5.92 Å². The van der Waals surface area contributed by atoms with Gasteiger partial charge in [-0.2, -0.15) is 0 Å². The third-order valence-corrected chi connectivity index (χ3v) is 7.62. The van der Waals surface area contributed by atoms with E-state index in [-0.39, 0.29) is 42.8 Å². The van der Waals surface area contributed by atoms with E-state index in [1.165, 1.54) is 0 Å². The van der Waals surface area contributed by atoms with Gasteiger partial charge in [0.25, 0.3) is 0 Å². The van der Waals surface area contributed by atoms with Crippen LogP contribution in [0.2, 0.25) is 0 Å². The Hall–Kier alpha value is -2.98. The summed E-state index contributed by atoms with van der Waals surface area (Å²) in [6.45, 7) is 12.1. The highest BCUT2D eigenvalue weighted by molar-refractivity contribution is 5.76. The molecule has 2 saturated heterocycles. The van der Waals surface area contributed by atoms with E-state index in [4.69, 9.17) is 14.2 Å². The van der Waals surface area contributed by atoms with Gasteiger partial charge in [-0.25, -0.2) is 4.79 Å². The zero-order valence-corrected chi connectivity index (χ0v) is 24.9. The van der Waals surface area contributed by atoms with E-state index in [1.54, 1.807) is 0 Å². The van der Waals surface area contributed by atoms with Gasteiger partial charge in [-0.3, -0.25) is 9.69 Å². The molecule has 0 aromatic heterocycles. The number of benzene rings is 2. The van der Waals surface area contributed by atoms with Crippen molar-refractivity contribution in [2.45, 2.75) is 90.8 Å². The highest BCUT2D eigenvalue weighted by Crippen LogP contribution is 2.42. The van der Waals surface area contributed by atoms with Crippen LogP contribution >= 0.6 is 0 Å². The van der Waals surface area contributed by atoms with Crippen molar-refractivity contribution in [3.63, 3.8) is 0 Å². The molecule has 0 aliphatic carbocycles. The van der Waals surface area contributed by atoms with Crippen molar-refractivity contribution in [3.05, 3.63) is 70.8 Å². The van der Waals surface area contributed by atoms with Crippen LogP contribution in [0.15, 0.2) is 48.5 Å². The molecular formula is C32H45N3O6. The summed E-state index contributed by atoms with van der Waals surface area (Å²) < 4.78 is 18.9. The van der Waals surface area contributed by atoms with E-state index in [2.05, 4.69) is 22.5 Å². The third-order valence-electron chi connectivity index (χ3n) is 7.62. The molecule has 3 N–H and O–H groups in total. The SMILES string of the molecule is CCNC(=O)NCc1ccc(C2OC(CN3CCCC3C(=O)OC(C)(C)C)C(C)C(c3ccc(CO)cc3)O2)cc1. The molecule has 0 spiro atoms. The van der Waals surface area contributed by atoms with E-state index in [0.717, 1.165) is 41.6 Å². The van der Waals surface area contributed by atoms with E-state index in [9.17, 15) is 14.7 Å². The summed E-state index contributed by atoms with van der Waals surface area (Å²) in [5.74, 6) is -0.175. The predicted molar refractivity (Wildman–Crippen MR) is 156 cm³/mol. The van der Waals surface area contributed by atoms with Gasteiger partial charge >= 0.3 is 12.0 Å². The summed E-state index contributed by atoms with van der Waals surface area (Å²) in [5.41, 5.74) is 3.17. The van der Waals surface area contributed by atoms with Gasteiger partial charge in [0.15, 0.2) is 6.29 Å². The summed E-state index contributed by atoms with van der Waals surface area (Å²) in [6.07, 6.45) is 0.662. The quantitative estimate of drug-likeness (QED) is 0.380. The van der Waals surface area contributed by atoms with Crippen molar-refractivity contribution in [1.82, 2.24) is 15.5 Å². The van der Waals surface area contributed by atoms with E-state index in [0.29, 0.717) is 19.6 Å². The maximum atomic E-state index is 13.0. The first-order valence-corrected chi connectivity index (χ1v) is 14.7. The van der Waals surface area contributed by atoms with Crippen molar-refractivity contribution in [2.24, 2.45) is 5.92 Å². The van der Waals surface area contributed by atoms with Gasteiger partial charge in [-0.1, -0.05) is 55.5 Å². The van der Waals surface area contributed by atoms with Crippen molar-refractivity contribution in [3.8, 4) is 0 Å². The van der Waals surface area contributed by atoms with E-state index >= 15 is 0 Å². The van der Waals surface area contributed by atoms with Crippen molar-refractivity contribution in [2.75, 3.05) is 19.6 Å². The zero-order valence-electron chi connectivity index (χ0n) is 24.9. The maximum absolute atomic E-state index is 13.0. The number of amides is 2. The lowest BCUT2D eigenvalue weighted by atomic mass is 9.90. The minimum atomic E-state index is -0.605. The van der Waals surface area contributed by atoms with Crippen LogP contribution in [-0.2, 0) is 32.2 Å². The summed E-state index contributed by atoms with van der Waals surface area (Å²) in [4.78, 5) is 27.0. The third kappa shape index (κ3) is 8.29. The van der Waals surface area contributed by atoms with Gasteiger partial charge in [0, 0.05) is 31.1 Å². The highest BCUT2D eigenvalue weighted by atomic mass is 16.7. The number of aliphatic hydroxyl groups is 1. The molecule has 2 aliphatic rings. The number of carbonyl (C=O) groups is 2. The molecule has 2 aliphatic heterocycles. The molecule has 4 rings (SSSR count). The first-order chi connectivity index (χ1) is 19.6. The Balaban J connectivity index is 1.53. The zero-order chi connectivity index (χ0) is 29.6. The topological polar surface area (TPSA) is 109 Å². The fourth-order valence-corrected chi connectivity index (χ4v) is 5.44. The number of hydrogen-bond donors (Lipinski definition) is 3. The molecular weight excluding hydrogens is 522 g/mol. The van der Waals surface area contributed by atoms with Gasteiger partial charge < -0.3 is 30.0 Å². The van der Waals surface area contributed by atoms with Crippen LogP contribution in [0.25, 0.3) is 0 Å². The average molecular weight is 568 g/mol. The maximum Gasteiger partial charge on any atom is 0.323 e. The second-order valence-electron chi connectivity index (χ2n) is 12.0. The van der Waals surface area contributed by atoms with Crippen molar-refractivity contribution in [1.29, 1.82) is 0 Å². The smallest absolute Gasteiger partial charge is 0.323 e. The lowest BCUT2D eigenvalue weighted by Gasteiger charge is -2.43. The first kappa shape index (κ1) is 31.0. The molecule has 5 atom stereocenters. The second kappa shape index (κ2) is 13.8. The Labute approximate surface area is 243 Å². The Morgan fingerprint density at radius 3 is 2.29 bits per heavy atom. The molecule has 224 valence electrons. The van der Waals surface area contributed by atoms with Crippen molar-refractivity contribution < 1.29 is 28.9 Å². The number of nitrogens with one attached hydrogen (secondary N) is 2. The molecule has 41 heavy (non-hydrogen) atoms. The average Bonchev–Trinajstić information content (AvgIpc) is 3.41. The summed E-state index contributed by atoms with van der Waals surface area (Å²) in [6, 6.07) is 15.2. The number of carbonyl (C=O) groups excluding carboxylic acids is 2. The molecule has 2 amide bonds. The van der Waals surface area contributed by atoms with Crippen molar-refractivity contribution >= 4 is 12.0 Å². The minimum Gasteiger partial charge on any atom is -0.459 e. The molecule has 2 aromatic carbocycles. The Morgan fingerprint density at radius 2 is 1.66 bits per heavy atom. The molecule has 9 nitrogen and oxygen atoms in total. The molecule has 9 heteroatoms. The van der Waals surface area contributed by atoms with Gasteiger partial charge in [-0.05, 0) is 63.8 Å². The van der Waals surface area contributed by atoms with E-state index in [1.807, 2.05) is 76.2 Å². The van der Waals surface area contributed by atoms with Crippen LogP contribution < -0.4 is 10.6 Å². The van der Waals surface area contributed by atoms with Crippen LogP contribution in [-0.4, -0.2) is 59.4 Å². The predicted octanol–water partition coefficient (Wildman–Crippen LogP) is 4.60. The standard InChI is InChI=1S/C32H45N3O6/c1-6-33-31(38)34-18-22-9-15-25(16-10-22)30-39-27(19-35-17-7-8-26(35)29(37)41-32(3,4)5)21(2)28(40-30)24-13-11-23(20-36)12-14-24/h9-16,21,26-28,30,36H,6-8,17-20H2,1-5H3,(H2,33,34,38). The number of hydrogen-bond acceptors (Lipinski definition) is 7.